The van der Waals surface area contributed by atoms with Crippen LogP contribution in [0, 0.1) is 25.6 Å². The molecular formula is C36H39F2NO4. The highest BCUT2D eigenvalue weighted by atomic mass is 19.1. The van der Waals surface area contributed by atoms with Gasteiger partial charge in [0.1, 0.15) is 23.4 Å². The first-order valence-corrected chi connectivity index (χ1v) is 15.1. The van der Waals surface area contributed by atoms with Crippen molar-refractivity contribution in [1.82, 2.24) is 4.90 Å². The quantitative estimate of drug-likeness (QED) is 0.201. The van der Waals surface area contributed by atoms with Crippen molar-refractivity contribution in [3.05, 3.63) is 93.8 Å². The van der Waals surface area contributed by atoms with Crippen molar-refractivity contribution >= 4 is 23.0 Å². The third-order valence-corrected chi connectivity index (χ3v) is 8.20. The number of benzene rings is 3. The Hall–Kier alpha value is -4.00. The Morgan fingerprint density at radius 2 is 1.74 bits per heavy atom. The molecule has 1 saturated heterocycles. The number of carbonyl (C=O) groups excluding carboxylic acids is 2. The van der Waals surface area contributed by atoms with Gasteiger partial charge in [0.25, 0.3) is 0 Å². The average Bonchev–Trinajstić information content (AvgIpc) is 3.35. The number of fused-ring (bicyclic) bond motifs is 1. The fourth-order valence-corrected chi connectivity index (χ4v) is 6.12. The highest BCUT2D eigenvalue weighted by Crippen LogP contribution is 2.43. The van der Waals surface area contributed by atoms with E-state index in [1.54, 1.807) is 24.8 Å². The molecule has 7 heteroatoms. The monoisotopic (exact) mass is 587 g/mol. The Labute approximate surface area is 252 Å². The minimum atomic E-state index is -0.653. The van der Waals surface area contributed by atoms with Crippen LogP contribution in [0.1, 0.15) is 72.9 Å². The molecule has 0 unspecified atom stereocenters. The molecular weight excluding hydrogens is 548 g/mol. The van der Waals surface area contributed by atoms with E-state index < -0.39 is 6.67 Å². The summed E-state index contributed by atoms with van der Waals surface area (Å²) in [5, 5.41) is 0. The topological polar surface area (TPSA) is 55.8 Å². The summed E-state index contributed by atoms with van der Waals surface area (Å²) < 4.78 is 40.1. The molecule has 5 rings (SSSR count). The Morgan fingerprint density at radius 3 is 2.44 bits per heavy atom. The van der Waals surface area contributed by atoms with Crippen molar-refractivity contribution in [3.8, 4) is 11.5 Å². The van der Waals surface area contributed by atoms with Crippen LogP contribution in [0.25, 0.3) is 11.1 Å². The van der Waals surface area contributed by atoms with Gasteiger partial charge >= 0.3 is 5.97 Å². The average molecular weight is 588 g/mol. The van der Waals surface area contributed by atoms with Gasteiger partial charge in [-0.15, -0.1) is 0 Å². The lowest BCUT2D eigenvalue weighted by Gasteiger charge is -2.20. The van der Waals surface area contributed by atoms with E-state index in [1.807, 2.05) is 62.4 Å². The summed E-state index contributed by atoms with van der Waals surface area (Å²) in [6.45, 7) is 7.82. The SMILES string of the molecule is Cc1cc(C)c(C2=C(c3ccc(O[C@H]4CCN(C(=O)CCF)C4)cc3)c3ccc(OC(=O)C(C)C)cc3CCC2)c(F)c1. The highest BCUT2D eigenvalue weighted by molar-refractivity contribution is 6.00. The van der Waals surface area contributed by atoms with Gasteiger partial charge in [0, 0.05) is 18.5 Å². The number of hydrogen-bond acceptors (Lipinski definition) is 4. The van der Waals surface area contributed by atoms with Gasteiger partial charge in [-0.25, -0.2) is 4.39 Å². The van der Waals surface area contributed by atoms with Crippen molar-refractivity contribution in [2.24, 2.45) is 5.92 Å². The summed E-state index contributed by atoms with van der Waals surface area (Å²) >= 11 is 0. The number of nitrogens with zero attached hydrogens (tertiary/aromatic N) is 1. The van der Waals surface area contributed by atoms with Crippen LogP contribution in [0.5, 0.6) is 11.5 Å². The number of likely N-dealkylation sites (tertiary alicyclic amines) is 1. The lowest BCUT2D eigenvalue weighted by molar-refractivity contribution is -0.137. The number of carbonyl (C=O) groups is 2. The Kier molecular flexibility index (Phi) is 9.28. The number of halogens is 2. The molecule has 0 radical (unpaired) electrons. The number of aryl methyl sites for hydroxylation is 3. The third kappa shape index (κ3) is 6.82. The molecule has 5 nitrogen and oxygen atoms in total. The largest absolute Gasteiger partial charge is 0.489 e. The lowest BCUT2D eigenvalue weighted by Crippen LogP contribution is -2.31. The zero-order valence-corrected chi connectivity index (χ0v) is 25.3. The predicted octanol–water partition coefficient (Wildman–Crippen LogP) is 7.64. The number of allylic oxidation sites excluding steroid dienone is 1. The molecule has 226 valence electrons. The van der Waals surface area contributed by atoms with Crippen molar-refractivity contribution in [3.63, 3.8) is 0 Å². The van der Waals surface area contributed by atoms with Crippen LogP contribution in [-0.4, -0.2) is 42.6 Å². The Morgan fingerprint density at radius 1 is 1.00 bits per heavy atom. The molecule has 3 aromatic rings. The van der Waals surface area contributed by atoms with Crippen molar-refractivity contribution < 1.29 is 27.8 Å². The first kappa shape index (κ1) is 30.5. The zero-order valence-electron chi connectivity index (χ0n) is 25.3. The number of ether oxygens (including phenoxy) is 2. The molecule has 0 aromatic heterocycles. The zero-order chi connectivity index (χ0) is 30.7. The molecule has 0 saturated carbocycles. The number of amides is 1. The molecule has 0 spiro atoms. The van der Waals surface area contributed by atoms with Gasteiger partial charge < -0.3 is 14.4 Å². The first-order chi connectivity index (χ1) is 20.6. The van der Waals surface area contributed by atoms with E-state index in [9.17, 15) is 14.0 Å². The van der Waals surface area contributed by atoms with Crippen molar-refractivity contribution in [2.45, 2.75) is 65.9 Å². The van der Waals surface area contributed by atoms with Gasteiger partial charge in [0.05, 0.1) is 25.6 Å². The van der Waals surface area contributed by atoms with Gasteiger partial charge in [-0.3, -0.25) is 14.0 Å². The van der Waals surface area contributed by atoms with Crippen LogP contribution in [-0.2, 0) is 16.0 Å². The van der Waals surface area contributed by atoms with Gasteiger partial charge in [0.2, 0.25) is 5.91 Å². The minimum Gasteiger partial charge on any atom is -0.489 e. The van der Waals surface area contributed by atoms with Crippen LogP contribution in [0.4, 0.5) is 8.78 Å². The van der Waals surface area contributed by atoms with E-state index in [2.05, 4.69) is 0 Å². The number of hydrogen-bond donors (Lipinski definition) is 0. The fourth-order valence-electron chi connectivity index (χ4n) is 6.12. The van der Waals surface area contributed by atoms with Crippen LogP contribution in [0.2, 0.25) is 0 Å². The van der Waals surface area contributed by atoms with Crippen LogP contribution >= 0.6 is 0 Å². The van der Waals surface area contributed by atoms with Gasteiger partial charge in [-0.2, -0.15) is 0 Å². The first-order valence-electron chi connectivity index (χ1n) is 15.1. The summed E-state index contributed by atoms with van der Waals surface area (Å²) in [5.74, 6) is 0.253. The standard InChI is InChI=1S/C36H39F2NO4/c1-22(2)36(41)43-28-12-13-30-26(20-28)6-5-7-31(34-24(4)18-23(3)19-32(34)38)35(30)25-8-10-27(11-9-25)42-29-15-17-39(21-29)33(40)14-16-37/h8-13,18-20,22,29H,5-7,14-17,21H2,1-4H3/t29-/m0/s1. The van der Waals surface area contributed by atoms with Crippen LogP contribution < -0.4 is 9.47 Å². The summed E-state index contributed by atoms with van der Waals surface area (Å²) in [7, 11) is 0. The van der Waals surface area contributed by atoms with E-state index in [-0.39, 0.29) is 36.1 Å². The molecule has 0 bridgehead atoms. The van der Waals surface area contributed by atoms with E-state index in [1.165, 1.54) is 0 Å². The van der Waals surface area contributed by atoms with E-state index in [0.717, 1.165) is 51.8 Å². The summed E-state index contributed by atoms with van der Waals surface area (Å²) in [6, 6.07) is 17.1. The molecule has 1 aliphatic carbocycles. The summed E-state index contributed by atoms with van der Waals surface area (Å²) in [6.07, 6.45) is 2.72. The maximum Gasteiger partial charge on any atom is 0.313 e. The molecule has 0 N–H and O–H groups in total. The number of rotatable bonds is 8. The Balaban J connectivity index is 1.52. The van der Waals surface area contributed by atoms with E-state index >= 15 is 4.39 Å². The Bertz CT molecular complexity index is 1520. The number of esters is 1. The maximum atomic E-state index is 15.6. The molecule has 1 fully saturated rings. The maximum absolute atomic E-state index is 15.6. The molecule has 1 aliphatic heterocycles. The molecule has 3 aromatic carbocycles. The molecule has 43 heavy (non-hydrogen) atoms. The second kappa shape index (κ2) is 13.1. The summed E-state index contributed by atoms with van der Waals surface area (Å²) in [5.41, 5.74) is 7.28. The highest BCUT2D eigenvalue weighted by Gasteiger charge is 2.28. The molecule has 1 atom stereocenters. The minimum absolute atomic E-state index is 0.0942. The summed E-state index contributed by atoms with van der Waals surface area (Å²) in [4.78, 5) is 26.0. The molecule has 1 amide bonds. The second-order valence-electron chi connectivity index (χ2n) is 11.9. The normalized spacial score (nSPS) is 16.7. The number of alkyl halides is 1. The smallest absolute Gasteiger partial charge is 0.313 e. The lowest BCUT2D eigenvalue weighted by atomic mass is 9.86. The van der Waals surface area contributed by atoms with Gasteiger partial charge in [0.15, 0.2) is 0 Å². The van der Waals surface area contributed by atoms with Crippen LogP contribution in [0.3, 0.4) is 0 Å². The fraction of sp³-hybridized carbons (Fsp3) is 0.389. The van der Waals surface area contributed by atoms with E-state index in [4.69, 9.17) is 9.47 Å². The second-order valence-corrected chi connectivity index (χ2v) is 11.9. The van der Waals surface area contributed by atoms with Crippen molar-refractivity contribution in [2.75, 3.05) is 19.8 Å². The van der Waals surface area contributed by atoms with Gasteiger partial charge in [-0.1, -0.05) is 38.1 Å². The van der Waals surface area contributed by atoms with Crippen molar-refractivity contribution in [1.29, 1.82) is 0 Å². The predicted molar refractivity (Wildman–Crippen MR) is 164 cm³/mol. The van der Waals surface area contributed by atoms with Crippen LogP contribution in [0.15, 0.2) is 54.6 Å². The molecule has 2 aliphatic rings. The third-order valence-electron chi connectivity index (χ3n) is 8.20. The van der Waals surface area contributed by atoms with Gasteiger partial charge in [-0.05, 0) is 102 Å². The van der Waals surface area contributed by atoms with E-state index in [0.29, 0.717) is 43.0 Å². The molecule has 1 heterocycles.